The molecule has 7 heteroatoms. The minimum absolute atomic E-state index is 0.361. The molecule has 5 nitrogen and oxygen atoms in total. The van der Waals surface area contributed by atoms with Crippen LogP contribution in [0.1, 0.15) is 20.8 Å². The molecule has 3 rings (SSSR count). The number of thiocarbonyl (C=S) groups is 1. The summed E-state index contributed by atoms with van der Waals surface area (Å²) >= 11 is 6.56. The first-order valence-electron chi connectivity index (χ1n) is 8.12. The molecule has 2 N–H and O–H groups in total. The monoisotopic (exact) mass is 395 g/mol. The number of carbonyl (C=O) groups excluding carboxylic acids is 1. The van der Waals surface area contributed by atoms with E-state index in [1.807, 2.05) is 42.6 Å². The summed E-state index contributed by atoms with van der Waals surface area (Å²) in [5.41, 5.74) is 5.66. The van der Waals surface area contributed by atoms with E-state index in [0.29, 0.717) is 15.7 Å². The van der Waals surface area contributed by atoms with Gasteiger partial charge in [0.15, 0.2) is 5.11 Å². The summed E-state index contributed by atoms with van der Waals surface area (Å²) in [6.07, 6.45) is 1.63. The Bertz CT molecular complexity index is 952. The molecule has 0 aliphatic heterocycles. The maximum absolute atomic E-state index is 11.9. The van der Waals surface area contributed by atoms with Crippen LogP contribution in [0.15, 0.2) is 71.1 Å². The summed E-state index contributed by atoms with van der Waals surface area (Å²) in [5, 5.41) is 9.41. The fraction of sp³-hybridized carbons (Fsp3) is 0.0500. The van der Waals surface area contributed by atoms with E-state index in [4.69, 9.17) is 17.0 Å². The zero-order valence-electron chi connectivity index (χ0n) is 14.5. The highest BCUT2D eigenvalue weighted by molar-refractivity contribution is 7.80. The zero-order valence-corrected chi connectivity index (χ0v) is 16.1. The van der Waals surface area contributed by atoms with Crippen molar-refractivity contribution in [1.82, 2.24) is 5.43 Å². The van der Waals surface area contributed by atoms with E-state index in [1.165, 1.54) is 11.3 Å². The van der Waals surface area contributed by atoms with E-state index < -0.39 is 0 Å². The Morgan fingerprint density at radius 1 is 1.15 bits per heavy atom. The molecule has 0 amide bonds. The molecule has 0 saturated heterocycles. The molecule has 0 atom stereocenters. The molecule has 3 aromatic rings. The summed E-state index contributed by atoms with van der Waals surface area (Å²) in [6.45, 7) is 2.02. The molecule has 0 bridgehead atoms. The van der Waals surface area contributed by atoms with Crippen molar-refractivity contribution in [1.29, 1.82) is 0 Å². The lowest BCUT2D eigenvalue weighted by Gasteiger charge is -2.07. The highest BCUT2D eigenvalue weighted by Crippen LogP contribution is 2.16. The van der Waals surface area contributed by atoms with Gasteiger partial charge in [0.25, 0.3) is 0 Å². The topological polar surface area (TPSA) is 62.7 Å². The molecule has 0 radical (unpaired) electrons. The van der Waals surface area contributed by atoms with E-state index in [-0.39, 0.29) is 5.97 Å². The van der Waals surface area contributed by atoms with Gasteiger partial charge >= 0.3 is 5.97 Å². The molecule has 1 aromatic heterocycles. The number of esters is 1. The Hall–Kier alpha value is -3.03. The lowest BCUT2D eigenvalue weighted by molar-refractivity contribution is 0.0740. The summed E-state index contributed by atoms with van der Waals surface area (Å²) in [6, 6.07) is 18.5. The van der Waals surface area contributed by atoms with Crippen molar-refractivity contribution in [3.8, 4) is 5.75 Å². The number of nitrogens with one attached hydrogen (secondary N) is 2. The van der Waals surface area contributed by atoms with Gasteiger partial charge in [0.2, 0.25) is 0 Å². The Morgan fingerprint density at radius 3 is 2.67 bits per heavy atom. The third-order valence-electron chi connectivity index (χ3n) is 3.47. The van der Waals surface area contributed by atoms with Crippen LogP contribution in [-0.4, -0.2) is 17.3 Å². The van der Waals surface area contributed by atoms with Gasteiger partial charge in [-0.3, -0.25) is 5.43 Å². The van der Waals surface area contributed by atoms with Crippen LogP contribution in [0.25, 0.3) is 0 Å². The van der Waals surface area contributed by atoms with Crippen molar-refractivity contribution in [2.24, 2.45) is 5.10 Å². The van der Waals surface area contributed by atoms with Crippen LogP contribution in [0.3, 0.4) is 0 Å². The Kier molecular flexibility index (Phi) is 6.30. The SMILES string of the molecule is Cc1cccc(NC(=S)NN=Cc2ccc(OC(=O)c3cccs3)cc2)c1. The summed E-state index contributed by atoms with van der Waals surface area (Å²) in [5.74, 6) is 0.121. The van der Waals surface area contributed by atoms with Crippen LogP contribution in [-0.2, 0) is 0 Å². The number of hydrazone groups is 1. The minimum Gasteiger partial charge on any atom is -0.422 e. The summed E-state index contributed by atoms with van der Waals surface area (Å²) in [7, 11) is 0. The molecule has 0 aliphatic rings. The zero-order chi connectivity index (χ0) is 19.1. The van der Waals surface area contributed by atoms with E-state index in [1.54, 1.807) is 36.5 Å². The third-order valence-corrected chi connectivity index (χ3v) is 4.51. The van der Waals surface area contributed by atoms with Gasteiger partial charge in [-0.25, -0.2) is 4.79 Å². The highest BCUT2D eigenvalue weighted by Gasteiger charge is 2.08. The van der Waals surface area contributed by atoms with Crippen LogP contribution in [0.5, 0.6) is 5.75 Å². The Morgan fingerprint density at radius 2 is 1.96 bits per heavy atom. The maximum Gasteiger partial charge on any atom is 0.353 e. The first-order valence-corrected chi connectivity index (χ1v) is 9.41. The maximum atomic E-state index is 11.9. The molecular weight excluding hydrogens is 378 g/mol. The van der Waals surface area contributed by atoms with E-state index >= 15 is 0 Å². The molecule has 2 aromatic carbocycles. The number of carbonyl (C=O) groups is 1. The minimum atomic E-state index is -0.361. The van der Waals surface area contributed by atoms with Gasteiger partial charge in [0.1, 0.15) is 10.6 Å². The Labute approximate surface area is 166 Å². The Balaban J connectivity index is 1.50. The van der Waals surface area contributed by atoms with E-state index in [9.17, 15) is 4.79 Å². The van der Waals surface area contributed by atoms with E-state index in [2.05, 4.69) is 15.8 Å². The summed E-state index contributed by atoms with van der Waals surface area (Å²) in [4.78, 5) is 12.5. The van der Waals surface area contributed by atoms with Crippen molar-refractivity contribution >= 4 is 46.5 Å². The molecule has 27 heavy (non-hydrogen) atoms. The van der Waals surface area contributed by atoms with Crippen molar-refractivity contribution in [3.05, 3.63) is 82.0 Å². The predicted molar refractivity (Wildman–Crippen MR) is 114 cm³/mol. The second kappa shape index (κ2) is 9.07. The van der Waals surface area contributed by atoms with Crippen LogP contribution in [0.4, 0.5) is 5.69 Å². The fourth-order valence-electron chi connectivity index (χ4n) is 2.22. The normalized spacial score (nSPS) is 10.6. The van der Waals surface area contributed by atoms with Gasteiger partial charge in [-0.2, -0.15) is 5.10 Å². The fourth-order valence-corrected chi connectivity index (χ4v) is 2.99. The summed E-state index contributed by atoms with van der Waals surface area (Å²) < 4.78 is 5.31. The number of hydrogen-bond acceptors (Lipinski definition) is 5. The van der Waals surface area contributed by atoms with Crippen LogP contribution in [0, 0.1) is 6.92 Å². The molecular formula is C20H17N3O2S2. The second-order valence-electron chi connectivity index (χ2n) is 5.63. The number of ether oxygens (including phenoxy) is 1. The standard InChI is InChI=1S/C20H17N3O2S2/c1-14-4-2-5-16(12-14)22-20(26)23-21-13-15-7-9-17(10-8-15)25-19(24)18-6-3-11-27-18/h2-13H,1H3,(H2,22,23,26). The lowest BCUT2D eigenvalue weighted by Crippen LogP contribution is -2.23. The average molecular weight is 396 g/mol. The molecule has 0 aliphatic carbocycles. The average Bonchev–Trinajstić information content (AvgIpc) is 3.18. The smallest absolute Gasteiger partial charge is 0.353 e. The molecule has 0 unspecified atom stereocenters. The third kappa shape index (κ3) is 5.73. The van der Waals surface area contributed by atoms with Gasteiger partial charge in [-0.15, -0.1) is 11.3 Å². The first kappa shape index (κ1) is 18.8. The first-order chi connectivity index (χ1) is 13.1. The number of rotatable bonds is 5. The number of aryl methyl sites for hydroxylation is 1. The van der Waals surface area contributed by atoms with Gasteiger partial charge in [-0.1, -0.05) is 18.2 Å². The van der Waals surface area contributed by atoms with Gasteiger partial charge in [-0.05, 0) is 78.1 Å². The van der Waals surface area contributed by atoms with Gasteiger partial charge < -0.3 is 10.1 Å². The molecule has 0 saturated carbocycles. The van der Waals surface area contributed by atoms with Crippen molar-refractivity contribution in [2.75, 3.05) is 5.32 Å². The predicted octanol–water partition coefficient (Wildman–Crippen LogP) is 4.60. The van der Waals surface area contributed by atoms with Crippen LogP contribution < -0.4 is 15.5 Å². The van der Waals surface area contributed by atoms with Gasteiger partial charge in [0, 0.05) is 5.69 Å². The number of hydrogen-bond donors (Lipinski definition) is 2. The largest absolute Gasteiger partial charge is 0.422 e. The highest BCUT2D eigenvalue weighted by atomic mass is 32.1. The molecule has 0 fully saturated rings. The van der Waals surface area contributed by atoms with E-state index in [0.717, 1.165) is 16.8 Å². The lowest BCUT2D eigenvalue weighted by atomic mass is 10.2. The quantitative estimate of drug-likeness (QED) is 0.217. The molecule has 1 heterocycles. The van der Waals surface area contributed by atoms with Crippen molar-refractivity contribution in [3.63, 3.8) is 0 Å². The van der Waals surface area contributed by atoms with Crippen LogP contribution in [0.2, 0.25) is 0 Å². The van der Waals surface area contributed by atoms with Crippen molar-refractivity contribution < 1.29 is 9.53 Å². The number of benzene rings is 2. The molecule has 0 spiro atoms. The number of nitrogens with zero attached hydrogens (tertiary/aromatic N) is 1. The number of anilines is 1. The van der Waals surface area contributed by atoms with Gasteiger partial charge in [0.05, 0.1) is 6.21 Å². The number of thiophene rings is 1. The van der Waals surface area contributed by atoms with Crippen molar-refractivity contribution in [2.45, 2.75) is 6.92 Å². The second-order valence-corrected chi connectivity index (χ2v) is 6.99. The van der Waals surface area contributed by atoms with Crippen LogP contribution >= 0.6 is 23.6 Å². The molecule has 136 valence electrons.